The summed E-state index contributed by atoms with van der Waals surface area (Å²) in [6, 6.07) is 43.1. The molecule has 0 aliphatic carbocycles. The van der Waals surface area contributed by atoms with Crippen LogP contribution in [0, 0.1) is 0 Å². The van der Waals surface area contributed by atoms with Crippen LogP contribution in [0.4, 0.5) is 0 Å². The maximum atomic E-state index is 3.91. The molecule has 0 atom stereocenters. The summed E-state index contributed by atoms with van der Waals surface area (Å²) >= 11 is 3.91. The van der Waals surface area contributed by atoms with Crippen LogP contribution in [0.1, 0.15) is 0 Å². The largest absolute Gasteiger partial charge is 0.309 e. The molecular weight excluding hydrogens is 454 g/mol. The van der Waals surface area contributed by atoms with Gasteiger partial charge in [0.2, 0.25) is 0 Å². The Kier molecular flexibility index (Phi) is 4.66. The van der Waals surface area contributed by atoms with Crippen molar-refractivity contribution in [1.29, 1.82) is 0 Å². The molecule has 0 amide bonds. The van der Waals surface area contributed by atoms with E-state index in [9.17, 15) is 0 Å². The molecule has 0 saturated carbocycles. The lowest BCUT2D eigenvalue weighted by atomic mass is 9.98. The van der Waals surface area contributed by atoms with Gasteiger partial charge in [0.1, 0.15) is 0 Å². The molecule has 0 saturated heterocycles. The smallest absolute Gasteiger partial charge is 0.0547 e. The summed E-state index contributed by atoms with van der Waals surface area (Å²) in [6.07, 6.45) is 0. The van der Waals surface area contributed by atoms with Gasteiger partial charge in [0.15, 0.2) is 0 Å². The van der Waals surface area contributed by atoms with Crippen molar-refractivity contribution >= 4 is 37.7 Å². The average Bonchev–Trinajstić information content (AvgIpc) is 3.19. The number of aromatic nitrogens is 1. The van der Waals surface area contributed by atoms with Crippen molar-refractivity contribution in [3.63, 3.8) is 0 Å². The minimum atomic E-state index is 1.12. The lowest BCUT2D eigenvalue weighted by molar-refractivity contribution is 1.18. The maximum Gasteiger partial charge on any atom is 0.0547 e. The highest BCUT2D eigenvalue weighted by atomic mass is 79.9. The van der Waals surface area contributed by atoms with Gasteiger partial charge in [-0.25, -0.2) is 0 Å². The Labute approximate surface area is 195 Å². The number of benzene rings is 5. The van der Waals surface area contributed by atoms with Crippen LogP contribution in [0.5, 0.6) is 0 Å². The summed E-state index contributed by atoms with van der Waals surface area (Å²) < 4.78 is 3.48. The molecule has 0 aliphatic rings. The molecule has 1 heterocycles. The van der Waals surface area contributed by atoms with E-state index in [0.29, 0.717) is 0 Å². The molecule has 2 heteroatoms. The van der Waals surface area contributed by atoms with Crippen molar-refractivity contribution in [2.45, 2.75) is 0 Å². The molecule has 0 spiro atoms. The van der Waals surface area contributed by atoms with Gasteiger partial charge >= 0.3 is 0 Å². The van der Waals surface area contributed by atoms with Gasteiger partial charge in [-0.05, 0) is 62.4 Å². The Morgan fingerprint density at radius 3 is 1.88 bits per heavy atom. The van der Waals surface area contributed by atoms with Crippen molar-refractivity contribution in [3.8, 4) is 27.9 Å². The molecule has 6 aromatic rings. The van der Waals surface area contributed by atoms with Crippen molar-refractivity contribution in [2.75, 3.05) is 0 Å². The Hall–Kier alpha value is -3.62. The molecule has 0 fully saturated rings. The number of nitrogens with zero attached hydrogens (tertiary/aromatic N) is 1. The number of para-hydroxylation sites is 2. The van der Waals surface area contributed by atoms with Crippen LogP contribution in [0.15, 0.2) is 126 Å². The van der Waals surface area contributed by atoms with Crippen LogP contribution >= 0.6 is 15.9 Å². The zero-order chi connectivity index (χ0) is 21.5. The van der Waals surface area contributed by atoms with Gasteiger partial charge in [0.05, 0.1) is 11.0 Å². The highest BCUT2D eigenvalue weighted by Gasteiger charge is 2.15. The minimum Gasteiger partial charge on any atom is -0.309 e. The SMILES string of the molecule is Brc1c(-c2ccccc2)cccc1-c1ccc2c3ccccc3n(-c3ccccc3)c2c1. The molecule has 0 radical (unpaired) electrons. The number of fused-ring (bicyclic) bond motifs is 3. The first-order valence-corrected chi connectivity index (χ1v) is 11.5. The summed E-state index contributed by atoms with van der Waals surface area (Å²) in [6.45, 7) is 0. The van der Waals surface area contributed by atoms with E-state index in [4.69, 9.17) is 0 Å². The quantitative estimate of drug-likeness (QED) is 0.241. The Morgan fingerprint density at radius 2 is 1.09 bits per heavy atom. The van der Waals surface area contributed by atoms with Crippen LogP contribution in [-0.4, -0.2) is 4.57 Å². The normalized spacial score (nSPS) is 11.3. The fourth-order valence-electron chi connectivity index (χ4n) is 4.59. The van der Waals surface area contributed by atoms with Crippen LogP contribution in [0.25, 0.3) is 49.7 Å². The van der Waals surface area contributed by atoms with Gasteiger partial charge in [-0.15, -0.1) is 0 Å². The Morgan fingerprint density at radius 1 is 0.469 bits per heavy atom. The van der Waals surface area contributed by atoms with Crippen molar-refractivity contribution in [3.05, 3.63) is 126 Å². The lowest BCUT2D eigenvalue weighted by Crippen LogP contribution is -1.93. The van der Waals surface area contributed by atoms with Crippen molar-refractivity contribution in [2.24, 2.45) is 0 Å². The zero-order valence-electron chi connectivity index (χ0n) is 17.4. The van der Waals surface area contributed by atoms with Crippen molar-refractivity contribution in [1.82, 2.24) is 4.57 Å². The third-order valence-corrected chi connectivity index (χ3v) is 6.94. The van der Waals surface area contributed by atoms with E-state index >= 15 is 0 Å². The van der Waals surface area contributed by atoms with Gasteiger partial charge in [-0.2, -0.15) is 0 Å². The molecule has 1 nitrogen and oxygen atoms in total. The van der Waals surface area contributed by atoms with Crippen LogP contribution in [0.3, 0.4) is 0 Å². The Bertz CT molecular complexity index is 1560. The predicted octanol–water partition coefficient (Wildman–Crippen LogP) is 8.88. The second-order valence-electron chi connectivity index (χ2n) is 7.95. The van der Waals surface area contributed by atoms with Crippen LogP contribution in [-0.2, 0) is 0 Å². The summed E-state index contributed by atoms with van der Waals surface area (Å²) in [5, 5.41) is 2.54. The molecule has 0 N–H and O–H groups in total. The summed E-state index contributed by atoms with van der Waals surface area (Å²) in [5.74, 6) is 0. The van der Waals surface area contributed by atoms with E-state index < -0.39 is 0 Å². The van der Waals surface area contributed by atoms with E-state index in [2.05, 4.69) is 142 Å². The molecule has 5 aromatic carbocycles. The summed E-state index contributed by atoms with van der Waals surface area (Å²) in [7, 11) is 0. The van der Waals surface area contributed by atoms with E-state index in [0.717, 1.165) is 4.47 Å². The fraction of sp³-hybridized carbons (Fsp3) is 0. The molecule has 0 aliphatic heterocycles. The maximum absolute atomic E-state index is 3.91. The lowest BCUT2D eigenvalue weighted by Gasteiger charge is -2.12. The predicted molar refractivity (Wildman–Crippen MR) is 139 cm³/mol. The third kappa shape index (κ3) is 3.07. The number of rotatable bonds is 3. The zero-order valence-corrected chi connectivity index (χ0v) is 19.0. The van der Waals surface area contributed by atoms with Gasteiger partial charge in [0, 0.05) is 20.9 Å². The molecule has 0 bridgehead atoms. The molecule has 0 unspecified atom stereocenters. The highest BCUT2D eigenvalue weighted by Crippen LogP contribution is 2.39. The molecule has 1 aromatic heterocycles. The first-order valence-electron chi connectivity index (χ1n) is 10.7. The standard InChI is InChI=1S/C30H20BrN/c31-30-24(21-10-3-1-4-11-21)15-9-16-25(30)22-18-19-27-26-14-7-8-17-28(26)32(29(27)20-22)23-12-5-2-6-13-23/h1-20H. The van der Waals surface area contributed by atoms with Crippen LogP contribution in [0.2, 0.25) is 0 Å². The summed E-state index contributed by atoms with van der Waals surface area (Å²) in [5.41, 5.74) is 8.41. The Balaban J connectivity index is 1.61. The fourth-order valence-corrected chi connectivity index (χ4v) is 5.31. The highest BCUT2D eigenvalue weighted by molar-refractivity contribution is 9.10. The number of halogens is 1. The van der Waals surface area contributed by atoms with Crippen LogP contribution < -0.4 is 0 Å². The summed E-state index contributed by atoms with van der Waals surface area (Å²) in [4.78, 5) is 0. The number of hydrogen-bond donors (Lipinski definition) is 0. The third-order valence-electron chi connectivity index (χ3n) is 6.08. The van der Waals surface area contributed by atoms with Gasteiger partial charge < -0.3 is 4.57 Å². The molecule has 32 heavy (non-hydrogen) atoms. The van der Waals surface area contributed by atoms with Gasteiger partial charge in [-0.1, -0.05) is 97.1 Å². The van der Waals surface area contributed by atoms with E-state index in [1.54, 1.807) is 0 Å². The molecular formula is C30H20BrN. The van der Waals surface area contributed by atoms with E-state index in [-0.39, 0.29) is 0 Å². The topological polar surface area (TPSA) is 4.93 Å². The second-order valence-corrected chi connectivity index (χ2v) is 8.75. The van der Waals surface area contributed by atoms with E-state index in [1.807, 2.05) is 0 Å². The average molecular weight is 474 g/mol. The van der Waals surface area contributed by atoms with Gasteiger partial charge in [-0.3, -0.25) is 0 Å². The molecule has 6 rings (SSSR count). The van der Waals surface area contributed by atoms with Crippen molar-refractivity contribution < 1.29 is 0 Å². The second kappa shape index (κ2) is 7.81. The monoisotopic (exact) mass is 473 g/mol. The van der Waals surface area contributed by atoms with Gasteiger partial charge in [0.25, 0.3) is 0 Å². The first kappa shape index (κ1) is 19.1. The number of hydrogen-bond acceptors (Lipinski definition) is 0. The van der Waals surface area contributed by atoms with E-state index in [1.165, 1.54) is 49.7 Å². The molecule has 152 valence electrons. The first-order chi connectivity index (χ1) is 15.8. The minimum absolute atomic E-state index is 1.12.